The van der Waals surface area contributed by atoms with Crippen molar-refractivity contribution >= 4 is 23.9 Å². The third-order valence-electron chi connectivity index (χ3n) is 7.33. The third kappa shape index (κ3) is 9.82. The fourth-order valence-corrected chi connectivity index (χ4v) is 4.93. The molecule has 0 bridgehead atoms. The summed E-state index contributed by atoms with van der Waals surface area (Å²) in [5, 5.41) is 12.4. The van der Waals surface area contributed by atoms with E-state index in [1.54, 1.807) is 55.7 Å². The van der Waals surface area contributed by atoms with E-state index in [0.29, 0.717) is 41.3 Å². The maximum atomic E-state index is 13.9. The number of methoxy groups -OCH3 is 2. The van der Waals surface area contributed by atoms with Gasteiger partial charge in [0, 0.05) is 30.9 Å². The number of nitrogens with two attached hydrogens (primary N) is 3. The lowest BCUT2D eigenvalue weighted by Gasteiger charge is -2.32. The maximum Gasteiger partial charge on any atom is 0.335 e. The van der Waals surface area contributed by atoms with Crippen LogP contribution >= 0.6 is 0 Å². The van der Waals surface area contributed by atoms with E-state index >= 15 is 0 Å². The summed E-state index contributed by atoms with van der Waals surface area (Å²) in [6, 6.07) is 14.3. The average molecular weight is 620 g/mol. The molecule has 3 aromatic rings. The number of hydrogen-bond donors (Lipinski definition) is 5. The zero-order chi connectivity index (χ0) is 33.7. The second-order valence-corrected chi connectivity index (χ2v) is 10.5. The number of amides is 1. The number of benzene rings is 3. The Kier molecular flexibility index (Phi) is 14.1. The van der Waals surface area contributed by atoms with E-state index in [1.165, 1.54) is 19.2 Å². The maximum absolute atomic E-state index is 13.9. The van der Waals surface area contributed by atoms with Crippen LogP contribution in [0.2, 0.25) is 0 Å². The fourth-order valence-electron chi connectivity index (χ4n) is 4.93. The van der Waals surface area contributed by atoms with Gasteiger partial charge in [-0.3, -0.25) is 9.59 Å². The van der Waals surface area contributed by atoms with Crippen molar-refractivity contribution in [1.29, 1.82) is 0 Å². The van der Waals surface area contributed by atoms with E-state index in [2.05, 4.69) is 11.1 Å². The molecule has 0 saturated heterocycles. The molecule has 2 atom stereocenters. The fraction of sp³-hybridized carbons (Fsp3) is 0.324. The van der Waals surface area contributed by atoms with E-state index in [-0.39, 0.29) is 24.1 Å². The van der Waals surface area contributed by atoms with Crippen LogP contribution in [0.15, 0.2) is 60.8 Å². The molecule has 242 valence electrons. The number of carboxylic acids is 1. The number of ether oxygens (including phenoxy) is 2. The number of carbonyl (C=O) groups is 3. The first kappa shape index (κ1) is 36.3. The second-order valence-electron chi connectivity index (χ2n) is 10.5. The molecule has 2 unspecified atom stereocenters. The van der Waals surface area contributed by atoms with E-state index in [1.807, 2.05) is 32.9 Å². The van der Waals surface area contributed by atoms with Gasteiger partial charge < -0.3 is 42.0 Å². The van der Waals surface area contributed by atoms with Gasteiger partial charge in [-0.15, -0.1) is 0 Å². The van der Waals surface area contributed by atoms with Crippen LogP contribution in [0.25, 0.3) is 5.70 Å². The van der Waals surface area contributed by atoms with Crippen molar-refractivity contribution < 1.29 is 29.0 Å². The standard InChI is InChI=1S/C33H40N4O6.CH5N/c1-20-11-24(19-38)12-21(2)27(20)15-28(34)32(39)37(18-23-9-10-30(42-4)31(13-23)43-5)22(3)16-36-17-29(35)25-7-6-8-26(14-25)33(40)41;1-2/h6-14,17,19,22,28,36H,15-16,18,34-35H2,1-5H3,(H,40,41);2H2,1H3/b29-17-;. The van der Waals surface area contributed by atoms with Gasteiger partial charge in [-0.2, -0.15) is 0 Å². The normalized spacial score (nSPS) is 12.2. The first-order chi connectivity index (χ1) is 21.5. The van der Waals surface area contributed by atoms with Crippen molar-refractivity contribution in [2.75, 3.05) is 27.8 Å². The monoisotopic (exact) mass is 619 g/mol. The van der Waals surface area contributed by atoms with E-state index in [9.17, 15) is 19.5 Å². The summed E-state index contributed by atoms with van der Waals surface area (Å²) in [6.45, 7) is 6.32. The molecule has 0 heterocycles. The quantitative estimate of drug-likeness (QED) is 0.168. The Balaban J connectivity index is 0.00000345. The van der Waals surface area contributed by atoms with E-state index in [4.69, 9.17) is 20.9 Å². The molecular weight excluding hydrogens is 574 g/mol. The van der Waals surface area contributed by atoms with Gasteiger partial charge in [0.1, 0.15) is 6.29 Å². The summed E-state index contributed by atoms with van der Waals surface area (Å²) in [6.07, 6.45) is 2.71. The van der Waals surface area contributed by atoms with Crippen LogP contribution < -0.4 is 32.0 Å². The van der Waals surface area contributed by atoms with Gasteiger partial charge in [0.05, 0.1) is 31.5 Å². The summed E-state index contributed by atoms with van der Waals surface area (Å²) in [4.78, 5) is 38.2. The SMILES string of the molecule is CN.COc1ccc(CN(C(=O)C(N)Cc2c(C)cc(C=O)cc2C)C(C)CN/C=C(\N)c2cccc(C(=O)O)c2)cc1OC. The summed E-state index contributed by atoms with van der Waals surface area (Å²) in [5.41, 5.74) is 22.4. The number of hydrogen-bond acceptors (Lipinski definition) is 9. The van der Waals surface area contributed by atoms with Crippen LogP contribution in [-0.2, 0) is 17.8 Å². The average Bonchev–Trinajstić information content (AvgIpc) is 3.05. The number of nitrogens with zero attached hydrogens (tertiary/aromatic N) is 1. The lowest BCUT2D eigenvalue weighted by molar-refractivity contribution is -0.135. The van der Waals surface area contributed by atoms with Crippen LogP contribution in [0.5, 0.6) is 11.5 Å². The zero-order valence-corrected chi connectivity index (χ0v) is 26.8. The van der Waals surface area contributed by atoms with Gasteiger partial charge >= 0.3 is 5.97 Å². The molecule has 0 aliphatic heterocycles. The van der Waals surface area contributed by atoms with E-state index < -0.39 is 12.0 Å². The molecule has 0 radical (unpaired) electrons. The van der Waals surface area contributed by atoms with Crippen molar-refractivity contribution in [1.82, 2.24) is 10.2 Å². The van der Waals surface area contributed by atoms with Crippen LogP contribution in [0.4, 0.5) is 0 Å². The van der Waals surface area contributed by atoms with Crippen molar-refractivity contribution in [3.63, 3.8) is 0 Å². The molecule has 0 spiro atoms. The zero-order valence-electron chi connectivity index (χ0n) is 26.8. The van der Waals surface area contributed by atoms with Crippen LogP contribution in [0.3, 0.4) is 0 Å². The van der Waals surface area contributed by atoms with Gasteiger partial charge in [-0.1, -0.05) is 18.2 Å². The minimum Gasteiger partial charge on any atom is -0.493 e. The predicted molar refractivity (Wildman–Crippen MR) is 176 cm³/mol. The second kappa shape index (κ2) is 17.4. The van der Waals surface area contributed by atoms with Crippen LogP contribution in [0, 0.1) is 13.8 Å². The Morgan fingerprint density at radius 2 is 1.60 bits per heavy atom. The summed E-state index contributed by atoms with van der Waals surface area (Å²) < 4.78 is 10.8. The molecule has 3 rings (SSSR count). The molecule has 11 heteroatoms. The lowest BCUT2D eigenvalue weighted by Crippen LogP contribution is -2.50. The van der Waals surface area contributed by atoms with Crippen molar-refractivity contribution in [2.24, 2.45) is 17.2 Å². The van der Waals surface area contributed by atoms with Crippen LogP contribution in [-0.4, -0.2) is 68.1 Å². The van der Waals surface area contributed by atoms with Crippen molar-refractivity contribution in [3.8, 4) is 11.5 Å². The molecule has 0 fully saturated rings. The first-order valence-electron chi connectivity index (χ1n) is 14.4. The lowest BCUT2D eigenvalue weighted by atomic mass is 9.94. The first-order valence-corrected chi connectivity index (χ1v) is 14.4. The number of aromatic carboxylic acids is 1. The van der Waals surface area contributed by atoms with Crippen LogP contribution in [0.1, 0.15) is 55.5 Å². The molecule has 0 aromatic heterocycles. The van der Waals surface area contributed by atoms with Gasteiger partial charge in [0.15, 0.2) is 11.5 Å². The Bertz CT molecular complexity index is 1480. The number of carboxylic acid groups (broad SMARTS) is 1. The molecule has 3 aromatic carbocycles. The molecule has 0 aliphatic carbocycles. The molecule has 0 aliphatic rings. The smallest absolute Gasteiger partial charge is 0.335 e. The highest BCUT2D eigenvalue weighted by atomic mass is 16.5. The number of rotatable bonds is 14. The number of carbonyl (C=O) groups excluding carboxylic acids is 2. The van der Waals surface area contributed by atoms with Gasteiger partial charge in [0.2, 0.25) is 5.91 Å². The third-order valence-corrected chi connectivity index (χ3v) is 7.33. The summed E-state index contributed by atoms with van der Waals surface area (Å²) in [7, 11) is 4.61. The Morgan fingerprint density at radius 3 is 2.18 bits per heavy atom. The highest BCUT2D eigenvalue weighted by Crippen LogP contribution is 2.28. The molecular formula is C34H45N5O6. The molecule has 8 N–H and O–H groups in total. The molecule has 1 amide bonds. The minimum atomic E-state index is -1.04. The molecule has 45 heavy (non-hydrogen) atoms. The summed E-state index contributed by atoms with van der Waals surface area (Å²) in [5.74, 6) is -0.161. The van der Waals surface area contributed by atoms with E-state index in [0.717, 1.165) is 28.5 Å². The van der Waals surface area contributed by atoms with Crippen molar-refractivity contribution in [2.45, 2.75) is 45.8 Å². The number of aldehydes is 1. The highest BCUT2D eigenvalue weighted by molar-refractivity contribution is 5.88. The highest BCUT2D eigenvalue weighted by Gasteiger charge is 2.27. The number of nitrogens with one attached hydrogen (secondary N) is 1. The largest absolute Gasteiger partial charge is 0.493 e. The Morgan fingerprint density at radius 1 is 0.978 bits per heavy atom. The molecule has 0 saturated carbocycles. The number of aryl methyl sites for hydroxylation is 2. The van der Waals surface area contributed by atoms with Gasteiger partial charge in [0.25, 0.3) is 0 Å². The van der Waals surface area contributed by atoms with Gasteiger partial charge in [-0.25, -0.2) is 4.79 Å². The molecule has 11 nitrogen and oxygen atoms in total. The van der Waals surface area contributed by atoms with Gasteiger partial charge in [-0.05, 0) is 98.5 Å². The van der Waals surface area contributed by atoms with Crippen molar-refractivity contribution in [3.05, 3.63) is 99.7 Å². The Labute approximate surface area is 265 Å². The Hall–Kier alpha value is -4.87. The topological polar surface area (TPSA) is 183 Å². The summed E-state index contributed by atoms with van der Waals surface area (Å²) >= 11 is 0. The predicted octanol–water partition coefficient (Wildman–Crippen LogP) is 3.24. The minimum absolute atomic E-state index is 0.133.